The van der Waals surface area contributed by atoms with Crippen LogP contribution in [0.4, 0.5) is 4.39 Å². The minimum absolute atomic E-state index is 0.229. The van der Waals surface area contributed by atoms with E-state index in [2.05, 4.69) is 21.2 Å². The molecule has 2 aromatic rings. The fourth-order valence-electron chi connectivity index (χ4n) is 1.65. The molecule has 0 amide bonds. The standard InChI is InChI=1S/C15H15BrFNO/c1-2-18-10-11-7-8-15(13(17)9-11)19-14-6-4-3-5-12(14)16/h3-9,18H,2,10H2,1H3. The van der Waals surface area contributed by atoms with Crippen LogP contribution in [0.3, 0.4) is 0 Å². The highest BCUT2D eigenvalue weighted by atomic mass is 79.9. The van der Waals surface area contributed by atoms with Gasteiger partial charge < -0.3 is 10.1 Å². The summed E-state index contributed by atoms with van der Waals surface area (Å²) >= 11 is 3.37. The van der Waals surface area contributed by atoms with E-state index in [1.807, 2.05) is 31.2 Å². The van der Waals surface area contributed by atoms with Gasteiger partial charge >= 0.3 is 0 Å². The molecule has 19 heavy (non-hydrogen) atoms. The molecule has 2 rings (SSSR count). The Balaban J connectivity index is 2.15. The van der Waals surface area contributed by atoms with Crippen molar-refractivity contribution >= 4 is 15.9 Å². The van der Waals surface area contributed by atoms with E-state index in [1.165, 1.54) is 6.07 Å². The van der Waals surface area contributed by atoms with Crippen molar-refractivity contribution in [1.29, 1.82) is 0 Å². The highest BCUT2D eigenvalue weighted by molar-refractivity contribution is 9.10. The molecule has 0 bridgehead atoms. The number of ether oxygens (including phenoxy) is 1. The van der Waals surface area contributed by atoms with Crippen LogP contribution < -0.4 is 10.1 Å². The minimum Gasteiger partial charge on any atom is -0.453 e. The molecular weight excluding hydrogens is 309 g/mol. The van der Waals surface area contributed by atoms with Crippen LogP contribution in [0.15, 0.2) is 46.9 Å². The van der Waals surface area contributed by atoms with Crippen molar-refractivity contribution in [2.24, 2.45) is 0 Å². The summed E-state index contributed by atoms with van der Waals surface area (Å²) in [5.41, 5.74) is 0.902. The van der Waals surface area contributed by atoms with Crippen molar-refractivity contribution < 1.29 is 9.13 Å². The van der Waals surface area contributed by atoms with Gasteiger partial charge in [-0.05, 0) is 52.3 Å². The van der Waals surface area contributed by atoms with Crippen molar-refractivity contribution in [3.8, 4) is 11.5 Å². The maximum atomic E-state index is 13.9. The van der Waals surface area contributed by atoms with Crippen molar-refractivity contribution in [3.63, 3.8) is 0 Å². The predicted molar refractivity (Wildman–Crippen MR) is 78.0 cm³/mol. The Kier molecular flexibility index (Phi) is 4.93. The van der Waals surface area contributed by atoms with Crippen LogP contribution in [0.5, 0.6) is 11.5 Å². The maximum absolute atomic E-state index is 13.9. The monoisotopic (exact) mass is 323 g/mol. The largest absolute Gasteiger partial charge is 0.453 e. The molecule has 0 spiro atoms. The Bertz CT molecular complexity index is 560. The van der Waals surface area contributed by atoms with Crippen LogP contribution in [0.25, 0.3) is 0 Å². The Morgan fingerprint density at radius 3 is 2.63 bits per heavy atom. The van der Waals surface area contributed by atoms with Gasteiger partial charge in [-0.1, -0.05) is 25.1 Å². The fourth-order valence-corrected chi connectivity index (χ4v) is 2.02. The molecule has 0 saturated heterocycles. The zero-order valence-electron chi connectivity index (χ0n) is 10.6. The Morgan fingerprint density at radius 2 is 1.95 bits per heavy atom. The van der Waals surface area contributed by atoms with Crippen molar-refractivity contribution in [3.05, 3.63) is 58.3 Å². The Labute approximate surface area is 120 Å². The molecule has 0 fully saturated rings. The van der Waals surface area contributed by atoms with Crippen molar-refractivity contribution in [2.45, 2.75) is 13.5 Å². The first-order valence-corrected chi connectivity index (χ1v) is 6.91. The van der Waals surface area contributed by atoms with Crippen LogP contribution in [-0.4, -0.2) is 6.54 Å². The van der Waals surface area contributed by atoms with E-state index in [0.717, 1.165) is 16.6 Å². The summed E-state index contributed by atoms with van der Waals surface area (Å²) in [4.78, 5) is 0. The fraction of sp³-hybridized carbons (Fsp3) is 0.200. The SMILES string of the molecule is CCNCc1ccc(Oc2ccccc2Br)c(F)c1. The second-order valence-corrected chi connectivity index (χ2v) is 4.93. The third-order valence-electron chi connectivity index (χ3n) is 2.63. The van der Waals surface area contributed by atoms with Gasteiger partial charge in [-0.3, -0.25) is 0 Å². The van der Waals surface area contributed by atoms with Gasteiger partial charge in [0, 0.05) is 6.54 Å². The van der Waals surface area contributed by atoms with Gasteiger partial charge in [-0.2, -0.15) is 0 Å². The number of para-hydroxylation sites is 1. The second-order valence-electron chi connectivity index (χ2n) is 4.08. The van der Waals surface area contributed by atoms with Crippen LogP contribution in [0.1, 0.15) is 12.5 Å². The van der Waals surface area contributed by atoms with Crippen LogP contribution in [0.2, 0.25) is 0 Å². The zero-order chi connectivity index (χ0) is 13.7. The lowest BCUT2D eigenvalue weighted by Gasteiger charge is -2.10. The van der Waals surface area contributed by atoms with Crippen molar-refractivity contribution in [1.82, 2.24) is 5.32 Å². The van der Waals surface area contributed by atoms with E-state index in [0.29, 0.717) is 12.3 Å². The average molecular weight is 324 g/mol. The third-order valence-corrected chi connectivity index (χ3v) is 3.29. The lowest BCUT2D eigenvalue weighted by Crippen LogP contribution is -2.11. The second kappa shape index (κ2) is 6.68. The molecule has 0 aliphatic carbocycles. The first-order chi connectivity index (χ1) is 9.20. The van der Waals surface area contributed by atoms with Crippen molar-refractivity contribution in [2.75, 3.05) is 6.54 Å². The number of hydrogen-bond donors (Lipinski definition) is 1. The highest BCUT2D eigenvalue weighted by Gasteiger charge is 2.07. The lowest BCUT2D eigenvalue weighted by molar-refractivity contribution is 0.439. The van der Waals surface area contributed by atoms with E-state index in [-0.39, 0.29) is 11.6 Å². The summed E-state index contributed by atoms with van der Waals surface area (Å²) in [6.07, 6.45) is 0. The molecule has 2 aromatic carbocycles. The van der Waals surface area contributed by atoms with E-state index < -0.39 is 0 Å². The smallest absolute Gasteiger partial charge is 0.166 e. The summed E-state index contributed by atoms with van der Waals surface area (Å²) < 4.78 is 20.3. The quantitative estimate of drug-likeness (QED) is 0.875. The molecule has 2 nitrogen and oxygen atoms in total. The molecule has 0 radical (unpaired) electrons. The molecule has 0 unspecified atom stereocenters. The molecular formula is C15H15BrFNO. The van der Waals surface area contributed by atoms with Gasteiger partial charge in [-0.15, -0.1) is 0 Å². The van der Waals surface area contributed by atoms with E-state index in [4.69, 9.17) is 4.74 Å². The number of hydrogen-bond acceptors (Lipinski definition) is 2. The van der Waals surface area contributed by atoms with Crippen LogP contribution in [0, 0.1) is 5.82 Å². The summed E-state index contributed by atoms with van der Waals surface area (Å²) in [5, 5.41) is 3.16. The van der Waals surface area contributed by atoms with Gasteiger partial charge in [0.05, 0.1) is 4.47 Å². The van der Waals surface area contributed by atoms with E-state index in [1.54, 1.807) is 12.1 Å². The average Bonchev–Trinajstić information content (AvgIpc) is 2.41. The third kappa shape index (κ3) is 3.78. The molecule has 0 aromatic heterocycles. The number of rotatable bonds is 5. The maximum Gasteiger partial charge on any atom is 0.166 e. The first kappa shape index (κ1) is 14.0. The van der Waals surface area contributed by atoms with Gasteiger partial charge in [0.2, 0.25) is 0 Å². The summed E-state index contributed by atoms with van der Waals surface area (Å²) in [7, 11) is 0. The summed E-state index contributed by atoms with van der Waals surface area (Å²) in [5.74, 6) is 0.471. The Hall–Kier alpha value is -1.39. The molecule has 0 atom stereocenters. The number of nitrogens with one attached hydrogen (secondary N) is 1. The minimum atomic E-state index is -0.355. The molecule has 0 aliphatic heterocycles. The molecule has 0 heterocycles. The van der Waals surface area contributed by atoms with Crippen LogP contribution in [-0.2, 0) is 6.54 Å². The molecule has 1 N–H and O–H groups in total. The zero-order valence-corrected chi connectivity index (χ0v) is 12.2. The predicted octanol–water partition coefficient (Wildman–Crippen LogP) is 4.49. The molecule has 0 aliphatic rings. The molecule has 0 saturated carbocycles. The van der Waals surface area contributed by atoms with Gasteiger partial charge in [0.25, 0.3) is 0 Å². The number of benzene rings is 2. The highest BCUT2D eigenvalue weighted by Crippen LogP contribution is 2.30. The Morgan fingerprint density at radius 1 is 1.16 bits per heavy atom. The van der Waals surface area contributed by atoms with Crippen LogP contribution >= 0.6 is 15.9 Å². The lowest BCUT2D eigenvalue weighted by atomic mass is 10.2. The first-order valence-electron chi connectivity index (χ1n) is 6.12. The van der Waals surface area contributed by atoms with Gasteiger partial charge in [-0.25, -0.2) is 4.39 Å². The molecule has 100 valence electrons. The van der Waals surface area contributed by atoms with Gasteiger partial charge in [0.15, 0.2) is 11.6 Å². The normalized spacial score (nSPS) is 10.5. The van der Waals surface area contributed by atoms with E-state index in [9.17, 15) is 4.39 Å². The summed E-state index contributed by atoms with van der Waals surface area (Å²) in [6, 6.07) is 12.4. The van der Waals surface area contributed by atoms with E-state index >= 15 is 0 Å². The topological polar surface area (TPSA) is 21.3 Å². The summed E-state index contributed by atoms with van der Waals surface area (Å²) in [6.45, 7) is 3.53. The van der Waals surface area contributed by atoms with Gasteiger partial charge in [0.1, 0.15) is 5.75 Å². The number of halogens is 2. The molecule has 4 heteroatoms.